The maximum atomic E-state index is 8.47. The van der Waals surface area contributed by atoms with E-state index in [9.17, 15) is 0 Å². The zero-order valence-electron chi connectivity index (χ0n) is 7.32. The number of nitrogens with zero attached hydrogens (tertiary/aromatic N) is 2. The minimum Gasteiger partial charge on any atom is -0.467 e. The highest BCUT2D eigenvalue weighted by molar-refractivity contribution is 5.29. The summed E-state index contributed by atoms with van der Waals surface area (Å²) in [7, 11) is 1.51. The summed E-state index contributed by atoms with van der Waals surface area (Å²) in [5.74, 6) is 5.57. The molecule has 0 aliphatic heterocycles. The van der Waals surface area contributed by atoms with Crippen LogP contribution in [0, 0.1) is 11.8 Å². The fourth-order valence-corrected chi connectivity index (χ4v) is 0.707. The Morgan fingerprint density at radius 3 is 2.69 bits per heavy atom. The van der Waals surface area contributed by atoms with Gasteiger partial charge in [0, 0.05) is 18.8 Å². The molecule has 0 fully saturated rings. The molecular formula is C9H10N2O2. The van der Waals surface area contributed by atoms with Crippen LogP contribution in [0.15, 0.2) is 12.4 Å². The van der Waals surface area contributed by atoms with Gasteiger partial charge in [0.2, 0.25) is 0 Å². The van der Waals surface area contributed by atoms with Crippen LogP contribution in [0.5, 0.6) is 6.01 Å². The van der Waals surface area contributed by atoms with Crippen molar-refractivity contribution >= 4 is 0 Å². The molecule has 4 heteroatoms. The number of aromatic nitrogens is 2. The first-order chi connectivity index (χ1) is 6.36. The van der Waals surface area contributed by atoms with Crippen LogP contribution in [-0.2, 0) is 0 Å². The number of methoxy groups -OCH3 is 1. The normalized spacial score (nSPS) is 8.77. The highest BCUT2D eigenvalue weighted by atomic mass is 16.5. The van der Waals surface area contributed by atoms with Gasteiger partial charge in [-0.2, -0.15) is 0 Å². The third-order valence-electron chi connectivity index (χ3n) is 1.28. The molecule has 1 heterocycles. The van der Waals surface area contributed by atoms with E-state index in [0.717, 1.165) is 0 Å². The van der Waals surface area contributed by atoms with Crippen molar-refractivity contribution in [3.8, 4) is 17.9 Å². The van der Waals surface area contributed by atoms with Crippen molar-refractivity contribution in [2.24, 2.45) is 0 Å². The van der Waals surface area contributed by atoms with Gasteiger partial charge >= 0.3 is 6.01 Å². The van der Waals surface area contributed by atoms with Crippen LogP contribution < -0.4 is 4.74 Å². The summed E-state index contributed by atoms with van der Waals surface area (Å²) >= 11 is 0. The first kappa shape index (κ1) is 9.49. The fourth-order valence-electron chi connectivity index (χ4n) is 0.707. The number of hydrogen-bond acceptors (Lipinski definition) is 4. The van der Waals surface area contributed by atoms with Gasteiger partial charge < -0.3 is 9.84 Å². The molecule has 68 valence electrons. The van der Waals surface area contributed by atoms with E-state index in [1.807, 2.05) is 0 Å². The molecule has 0 unspecified atom stereocenters. The first-order valence-electron chi connectivity index (χ1n) is 3.82. The van der Waals surface area contributed by atoms with Gasteiger partial charge in [-0.15, -0.1) is 0 Å². The lowest BCUT2D eigenvalue weighted by Gasteiger charge is -1.94. The molecule has 0 amide bonds. The fraction of sp³-hybridized carbons (Fsp3) is 0.333. The van der Waals surface area contributed by atoms with Crippen molar-refractivity contribution in [1.29, 1.82) is 0 Å². The Hall–Kier alpha value is -1.60. The predicted molar refractivity (Wildman–Crippen MR) is 47.2 cm³/mol. The van der Waals surface area contributed by atoms with Crippen molar-refractivity contribution in [1.82, 2.24) is 9.97 Å². The van der Waals surface area contributed by atoms with Crippen LogP contribution in [0.3, 0.4) is 0 Å². The van der Waals surface area contributed by atoms with Crippen LogP contribution >= 0.6 is 0 Å². The van der Waals surface area contributed by atoms with Crippen LogP contribution in [0.1, 0.15) is 12.0 Å². The maximum Gasteiger partial charge on any atom is 0.316 e. The SMILES string of the molecule is COc1ncc(C#CCCO)cn1. The number of hydrogen-bond donors (Lipinski definition) is 1. The van der Waals surface area contributed by atoms with Gasteiger partial charge in [0.25, 0.3) is 0 Å². The number of aliphatic hydroxyl groups excluding tert-OH is 1. The van der Waals surface area contributed by atoms with E-state index in [-0.39, 0.29) is 6.61 Å². The van der Waals surface area contributed by atoms with Crippen LogP contribution in [0.25, 0.3) is 0 Å². The molecule has 1 aromatic rings. The van der Waals surface area contributed by atoms with E-state index in [1.54, 1.807) is 12.4 Å². The first-order valence-corrected chi connectivity index (χ1v) is 3.82. The van der Waals surface area contributed by atoms with Crippen molar-refractivity contribution in [2.75, 3.05) is 13.7 Å². The summed E-state index contributed by atoms with van der Waals surface area (Å²) in [6.45, 7) is 0.0734. The van der Waals surface area contributed by atoms with Gasteiger partial charge in [-0.1, -0.05) is 11.8 Å². The number of ether oxygens (including phenoxy) is 1. The molecule has 0 aliphatic rings. The van der Waals surface area contributed by atoms with Crippen LogP contribution in [-0.4, -0.2) is 28.8 Å². The summed E-state index contributed by atoms with van der Waals surface area (Å²) in [5, 5.41) is 8.47. The molecule has 1 aromatic heterocycles. The lowest BCUT2D eigenvalue weighted by atomic mass is 10.3. The van der Waals surface area contributed by atoms with Gasteiger partial charge in [0.05, 0.1) is 19.3 Å². The Morgan fingerprint density at radius 2 is 2.15 bits per heavy atom. The Labute approximate surface area is 76.6 Å². The molecule has 0 saturated heterocycles. The number of rotatable bonds is 2. The summed E-state index contributed by atoms with van der Waals surface area (Å²) in [6.07, 6.45) is 3.62. The largest absolute Gasteiger partial charge is 0.467 e. The van der Waals surface area contributed by atoms with Crippen molar-refractivity contribution in [2.45, 2.75) is 6.42 Å². The molecule has 0 bridgehead atoms. The van der Waals surface area contributed by atoms with Crippen molar-refractivity contribution in [3.63, 3.8) is 0 Å². The Bertz CT molecular complexity index is 311. The predicted octanol–water partition coefficient (Wildman–Crippen LogP) is 0.219. The molecule has 4 nitrogen and oxygen atoms in total. The topological polar surface area (TPSA) is 55.2 Å². The third kappa shape index (κ3) is 3.09. The van der Waals surface area contributed by atoms with Gasteiger partial charge in [-0.3, -0.25) is 0 Å². The summed E-state index contributed by atoms with van der Waals surface area (Å²) in [4.78, 5) is 7.76. The second-order valence-electron chi connectivity index (χ2n) is 2.23. The van der Waals surface area contributed by atoms with Crippen LogP contribution in [0.2, 0.25) is 0 Å². The van der Waals surface area contributed by atoms with Gasteiger partial charge in [-0.05, 0) is 0 Å². The van der Waals surface area contributed by atoms with E-state index in [2.05, 4.69) is 21.8 Å². The van der Waals surface area contributed by atoms with Crippen LogP contribution in [0.4, 0.5) is 0 Å². The van der Waals surface area contributed by atoms with E-state index in [4.69, 9.17) is 9.84 Å². The lowest BCUT2D eigenvalue weighted by Crippen LogP contribution is -1.91. The van der Waals surface area contributed by atoms with E-state index in [0.29, 0.717) is 18.0 Å². The third-order valence-corrected chi connectivity index (χ3v) is 1.28. The highest BCUT2D eigenvalue weighted by Crippen LogP contribution is 1.99. The molecule has 0 saturated carbocycles. The molecule has 0 radical (unpaired) electrons. The second kappa shape index (κ2) is 5.12. The second-order valence-corrected chi connectivity index (χ2v) is 2.23. The van der Waals surface area contributed by atoms with Crippen molar-refractivity contribution < 1.29 is 9.84 Å². The minimum atomic E-state index is 0.0734. The Morgan fingerprint density at radius 1 is 1.46 bits per heavy atom. The molecule has 0 aromatic carbocycles. The van der Waals surface area contributed by atoms with E-state index >= 15 is 0 Å². The summed E-state index contributed by atoms with van der Waals surface area (Å²) in [5.41, 5.74) is 0.717. The zero-order chi connectivity index (χ0) is 9.52. The molecule has 0 atom stereocenters. The molecular weight excluding hydrogens is 168 g/mol. The zero-order valence-corrected chi connectivity index (χ0v) is 7.32. The average Bonchev–Trinajstić information content (AvgIpc) is 2.19. The monoisotopic (exact) mass is 178 g/mol. The molecule has 0 spiro atoms. The minimum absolute atomic E-state index is 0.0734. The quantitative estimate of drug-likeness (QED) is 0.658. The maximum absolute atomic E-state index is 8.47. The molecule has 1 N–H and O–H groups in total. The Kier molecular flexibility index (Phi) is 3.74. The summed E-state index contributed by atoms with van der Waals surface area (Å²) < 4.78 is 4.78. The van der Waals surface area contributed by atoms with Gasteiger partial charge in [0.15, 0.2) is 0 Å². The summed E-state index contributed by atoms with van der Waals surface area (Å²) in [6, 6.07) is 0.327. The standard InChI is InChI=1S/C9H10N2O2/c1-13-9-10-6-8(7-11-9)4-2-3-5-12/h6-7,12H,3,5H2,1H3. The van der Waals surface area contributed by atoms with Crippen molar-refractivity contribution in [3.05, 3.63) is 18.0 Å². The Balaban J connectivity index is 2.65. The lowest BCUT2D eigenvalue weighted by molar-refractivity contribution is 0.305. The van der Waals surface area contributed by atoms with Gasteiger partial charge in [-0.25, -0.2) is 9.97 Å². The molecule has 13 heavy (non-hydrogen) atoms. The smallest absolute Gasteiger partial charge is 0.316 e. The molecule has 1 rings (SSSR count). The van der Waals surface area contributed by atoms with E-state index in [1.165, 1.54) is 7.11 Å². The molecule has 0 aliphatic carbocycles. The van der Waals surface area contributed by atoms with E-state index < -0.39 is 0 Å². The van der Waals surface area contributed by atoms with Gasteiger partial charge in [0.1, 0.15) is 0 Å². The average molecular weight is 178 g/mol. The number of aliphatic hydroxyl groups is 1. The highest BCUT2D eigenvalue weighted by Gasteiger charge is 1.92.